The molecule has 0 radical (unpaired) electrons. The Morgan fingerprint density at radius 1 is 1.70 bits per heavy atom. The summed E-state index contributed by atoms with van der Waals surface area (Å²) in [6, 6.07) is 0. The van der Waals surface area contributed by atoms with E-state index < -0.39 is 0 Å². The molecule has 0 aromatic carbocycles. The van der Waals surface area contributed by atoms with Gasteiger partial charge in [0.15, 0.2) is 0 Å². The van der Waals surface area contributed by atoms with E-state index in [2.05, 4.69) is 6.58 Å². The molecule has 0 spiro atoms. The summed E-state index contributed by atoms with van der Waals surface area (Å²) in [5, 5.41) is 0. The summed E-state index contributed by atoms with van der Waals surface area (Å²) in [7, 11) is 0. The van der Waals surface area contributed by atoms with Crippen LogP contribution in [-0.2, 0) is 9.53 Å². The van der Waals surface area contributed by atoms with Crippen LogP contribution >= 0.6 is 0 Å². The van der Waals surface area contributed by atoms with E-state index in [-0.39, 0.29) is 5.97 Å². The van der Waals surface area contributed by atoms with Gasteiger partial charge < -0.3 is 4.74 Å². The van der Waals surface area contributed by atoms with Crippen LogP contribution in [0.3, 0.4) is 0 Å². The Hall–Kier alpha value is -0.790. The number of hydrogen-bond donors (Lipinski definition) is 0. The monoisotopic (exact) mass is 140 g/mol. The molecule has 10 heavy (non-hydrogen) atoms. The van der Waals surface area contributed by atoms with Crippen molar-refractivity contribution in [2.75, 3.05) is 6.61 Å². The van der Waals surface area contributed by atoms with Crippen LogP contribution in [0.15, 0.2) is 12.2 Å². The molecule has 0 atom stereocenters. The number of carbonyl (C=O) groups excluding carboxylic acids is 1. The first-order chi connectivity index (χ1) is 4.70. The molecule has 2 nitrogen and oxygen atoms in total. The number of hydrogen-bond acceptors (Lipinski definition) is 2. The lowest BCUT2D eigenvalue weighted by Crippen LogP contribution is -2.06. The summed E-state index contributed by atoms with van der Waals surface area (Å²) in [6.45, 7) is 5.73. The first kappa shape index (κ1) is 7.32. The summed E-state index contributed by atoms with van der Waals surface area (Å²) in [5.74, 6) is 0.384. The molecule has 56 valence electrons. The van der Waals surface area contributed by atoms with Crippen molar-refractivity contribution < 1.29 is 9.53 Å². The lowest BCUT2D eigenvalue weighted by Gasteiger charge is -2.00. The Labute approximate surface area is 60.9 Å². The Bertz CT molecular complexity index is 157. The third-order valence-electron chi connectivity index (χ3n) is 1.50. The van der Waals surface area contributed by atoms with Crippen molar-refractivity contribution in [3.8, 4) is 0 Å². The zero-order valence-corrected chi connectivity index (χ0v) is 6.22. The molecule has 0 N–H and O–H groups in total. The molecule has 1 fully saturated rings. The molecule has 0 aromatic rings. The van der Waals surface area contributed by atoms with Gasteiger partial charge in [0.1, 0.15) is 0 Å². The zero-order chi connectivity index (χ0) is 7.56. The van der Waals surface area contributed by atoms with Crippen molar-refractivity contribution in [3.05, 3.63) is 12.2 Å². The zero-order valence-electron chi connectivity index (χ0n) is 6.22. The third kappa shape index (κ3) is 2.21. The summed E-state index contributed by atoms with van der Waals surface area (Å²) >= 11 is 0. The molecule has 0 saturated heterocycles. The highest BCUT2D eigenvalue weighted by atomic mass is 16.5. The van der Waals surface area contributed by atoms with Gasteiger partial charge in [-0.3, -0.25) is 0 Å². The van der Waals surface area contributed by atoms with Crippen LogP contribution < -0.4 is 0 Å². The van der Waals surface area contributed by atoms with Crippen LogP contribution in [0.25, 0.3) is 0 Å². The van der Waals surface area contributed by atoms with E-state index in [1.807, 2.05) is 0 Å². The minimum atomic E-state index is -0.257. The average Bonchev–Trinajstić information content (AvgIpc) is 2.64. The van der Waals surface area contributed by atoms with E-state index >= 15 is 0 Å². The van der Waals surface area contributed by atoms with Crippen LogP contribution in [-0.4, -0.2) is 12.6 Å². The van der Waals surface area contributed by atoms with Gasteiger partial charge in [-0.05, 0) is 25.7 Å². The molecular formula is C8H12O2. The van der Waals surface area contributed by atoms with Crippen molar-refractivity contribution >= 4 is 5.97 Å². The van der Waals surface area contributed by atoms with Gasteiger partial charge in [0.25, 0.3) is 0 Å². The molecule has 0 aliphatic heterocycles. The predicted octanol–water partition coefficient (Wildman–Crippen LogP) is 1.52. The second-order valence-electron chi connectivity index (χ2n) is 2.82. The number of rotatable bonds is 3. The second kappa shape index (κ2) is 2.86. The fraction of sp³-hybridized carbons (Fsp3) is 0.625. The van der Waals surface area contributed by atoms with E-state index in [0.717, 1.165) is 0 Å². The molecule has 0 heterocycles. The molecule has 1 aliphatic carbocycles. The Kier molecular flexibility index (Phi) is 2.10. The minimum Gasteiger partial charge on any atom is -0.462 e. The van der Waals surface area contributed by atoms with E-state index in [1.165, 1.54) is 12.8 Å². The maximum Gasteiger partial charge on any atom is 0.333 e. The van der Waals surface area contributed by atoms with Gasteiger partial charge in [-0.25, -0.2) is 4.79 Å². The topological polar surface area (TPSA) is 26.3 Å². The molecule has 2 heteroatoms. The second-order valence-corrected chi connectivity index (χ2v) is 2.82. The fourth-order valence-corrected chi connectivity index (χ4v) is 0.601. The minimum absolute atomic E-state index is 0.257. The lowest BCUT2D eigenvalue weighted by atomic mass is 10.3. The number of carbonyl (C=O) groups is 1. The number of esters is 1. The van der Waals surface area contributed by atoms with Gasteiger partial charge in [0.2, 0.25) is 0 Å². The van der Waals surface area contributed by atoms with Crippen LogP contribution in [0.5, 0.6) is 0 Å². The van der Waals surface area contributed by atoms with Crippen molar-refractivity contribution in [2.45, 2.75) is 19.8 Å². The molecule has 1 saturated carbocycles. The van der Waals surface area contributed by atoms with Crippen molar-refractivity contribution in [3.63, 3.8) is 0 Å². The normalized spacial score (nSPS) is 16.5. The van der Waals surface area contributed by atoms with Crippen LogP contribution in [0, 0.1) is 5.92 Å². The number of ether oxygens (including phenoxy) is 1. The fourth-order valence-electron chi connectivity index (χ4n) is 0.601. The highest BCUT2D eigenvalue weighted by Crippen LogP contribution is 2.28. The molecule has 0 aromatic heterocycles. The van der Waals surface area contributed by atoms with E-state index in [9.17, 15) is 4.79 Å². The highest BCUT2D eigenvalue weighted by molar-refractivity contribution is 5.86. The molecule has 0 amide bonds. The first-order valence-corrected chi connectivity index (χ1v) is 3.53. The summed E-state index contributed by atoms with van der Waals surface area (Å²) in [6.07, 6.45) is 2.42. The molecule has 0 unspecified atom stereocenters. The van der Waals surface area contributed by atoms with E-state index in [0.29, 0.717) is 18.1 Å². The van der Waals surface area contributed by atoms with Crippen molar-refractivity contribution in [2.24, 2.45) is 5.92 Å². The van der Waals surface area contributed by atoms with Gasteiger partial charge >= 0.3 is 5.97 Å². The summed E-state index contributed by atoms with van der Waals surface area (Å²) in [5.41, 5.74) is 0.487. The first-order valence-electron chi connectivity index (χ1n) is 3.53. The van der Waals surface area contributed by atoms with Gasteiger partial charge in [-0.15, -0.1) is 0 Å². The Morgan fingerprint density at radius 2 is 2.30 bits per heavy atom. The molecular weight excluding hydrogens is 128 g/mol. The maximum absolute atomic E-state index is 10.8. The molecule has 0 bridgehead atoms. The standard InChI is InChI=1S/C8H12O2/c1-6(2)8(9)10-5-7-3-4-7/h7H,1,3-5H2,2H3. The van der Waals surface area contributed by atoms with Gasteiger partial charge in [0, 0.05) is 5.57 Å². The van der Waals surface area contributed by atoms with E-state index in [1.54, 1.807) is 6.92 Å². The predicted molar refractivity (Wildman–Crippen MR) is 38.5 cm³/mol. The quantitative estimate of drug-likeness (QED) is 0.439. The van der Waals surface area contributed by atoms with Gasteiger partial charge in [-0.2, -0.15) is 0 Å². The lowest BCUT2D eigenvalue weighted by molar-refractivity contribution is -0.139. The maximum atomic E-state index is 10.8. The van der Waals surface area contributed by atoms with Crippen LogP contribution in [0.2, 0.25) is 0 Å². The van der Waals surface area contributed by atoms with Gasteiger partial charge in [-0.1, -0.05) is 6.58 Å². The van der Waals surface area contributed by atoms with Crippen molar-refractivity contribution in [1.29, 1.82) is 0 Å². The SMILES string of the molecule is C=C(C)C(=O)OCC1CC1. The van der Waals surface area contributed by atoms with Crippen LogP contribution in [0.1, 0.15) is 19.8 Å². The average molecular weight is 140 g/mol. The Balaban J connectivity index is 2.11. The summed E-state index contributed by atoms with van der Waals surface area (Å²) in [4.78, 5) is 10.8. The van der Waals surface area contributed by atoms with E-state index in [4.69, 9.17) is 4.74 Å². The van der Waals surface area contributed by atoms with Crippen LogP contribution in [0.4, 0.5) is 0 Å². The Morgan fingerprint density at radius 3 is 2.70 bits per heavy atom. The summed E-state index contributed by atoms with van der Waals surface area (Å²) < 4.78 is 4.89. The van der Waals surface area contributed by atoms with Crippen molar-refractivity contribution in [1.82, 2.24) is 0 Å². The molecule has 1 aliphatic rings. The molecule has 1 rings (SSSR count). The smallest absolute Gasteiger partial charge is 0.333 e. The van der Waals surface area contributed by atoms with Gasteiger partial charge in [0.05, 0.1) is 6.61 Å². The largest absolute Gasteiger partial charge is 0.462 e. The highest BCUT2D eigenvalue weighted by Gasteiger charge is 2.22. The third-order valence-corrected chi connectivity index (χ3v) is 1.50.